The molecule has 3 aromatic carbocycles. The fourth-order valence-electron chi connectivity index (χ4n) is 4.49. The van der Waals surface area contributed by atoms with Gasteiger partial charge >= 0.3 is 0 Å². The molecule has 0 amide bonds. The summed E-state index contributed by atoms with van der Waals surface area (Å²) in [6, 6.07) is 21.5. The van der Waals surface area contributed by atoms with Crippen molar-refractivity contribution in [2.75, 3.05) is 13.1 Å². The van der Waals surface area contributed by atoms with Crippen LogP contribution in [0.3, 0.4) is 0 Å². The zero-order valence-corrected chi connectivity index (χ0v) is 17.8. The van der Waals surface area contributed by atoms with E-state index in [1.54, 1.807) is 16.4 Å². The number of para-hydroxylation sites is 2. The molecule has 1 aromatic heterocycles. The van der Waals surface area contributed by atoms with Crippen LogP contribution in [0.2, 0.25) is 0 Å². The van der Waals surface area contributed by atoms with E-state index in [9.17, 15) is 8.42 Å². The average molecular weight is 420 g/mol. The molecule has 5 nitrogen and oxygen atoms in total. The van der Waals surface area contributed by atoms with Crippen molar-refractivity contribution in [3.05, 3.63) is 72.6 Å². The van der Waals surface area contributed by atoms with Crippen LogP contribution >= 0.6 is 0 Å². The predicted octanol–water partition coefficient (Wildman–Crippen LogP) is 4.60. The molecule has 1 fully saturated rings. The SMILES string of the molecule is Cc1nc2ccccc2n1CC1CCN(S(=O)(=O)c2ccc3ccccc3c2)CC1. The summed E-state index contributed by atoms with van der Waals surface area (Å²) in [7, 11) is -3.47. The fraction of sp³-hybridized carbons (Fsp3) is 0.292. The number of fused-ring (bicyclic) bond motifs is 2. The zero-order valence-electron chi connectivity index (χ0n) is 17.0. The molecule has 0 saturated carbocycles. The standard InChI is InChI=1S/C24H25N3O2S/c1-18-25-23-8-4-5-9-24(23)27(18)17-19-12-14-26(15-13-19)30(28,29)22-11-10-20-6-2-3-7-21(20)16-22/h2-11,16,19H,12-15,17H2,1H3. The first-order valence-corrected chi connectivity index (χ1v) is 11.9. The molecule has 1 aliphatic rings. The summed E-state index contributed by atoms with van der Waals surface area (Å²) < 4.78 is 30.3. The lowest BCUT2D eigenvalue weighted by Gasteiger charge is -2.31. The smallest absolute Gasteiger partial charge is 0.243 e. The second-order valence-corrected chi connectivity index (χ2v) is 10.1. The summed E-state index contributed by atoms with van der Waals surface area (Å²) in [5.74, 6) is 1.46. The molecule has 0 radical (unpaired) electrons. The van der Waals surface area contributed by atoms with Gasteiger partial charge in [-0.2, -0.15) is 4.31 Å². The highest BCUT2D eigenvalue weighted by Gasteiger charge is 2.30. The number of benzene rings is 3. The van der Waals surface area contributed by atoms with Gasteiger partial charge in [0, 0.05) is 19.6 Å². The van der Waals surface area contributed by atoms with Gasteiger partial charge in [-0.15, -0.1) is 0 Å². The van der Waals surface area contributed by atoms with E-state index in [4.69, 9.17) is 0 Å². The number of aromatic nitrogens is 2. The lowest BCUT2D eigenvalue weighted by atomic mass is 9.98. The van der Waals surface area contributed by atoms with Gasteiger partial charge in [-0.05, 0) is 60.7 Å². The average Bonchev–Trinajstić information content (AvgIpc) is 3.09. The van der Waals surface area contributed by atoms with Crippen molar-refractivity contribution >= 4 is 31.8 Å². The van der Waals surface area contributed by atoms with Crippen LogP contribution in [0.25, 0.3) is 21.8 Å². The minimum absolute atomic E-state index is 0.385. The van der Waals surface area contributed by atoms with E-state index >= 15 is 0 Å². The van der Waals surface area contributed by atoms with Crippen molar-refractivity contribution in [3.63, 3.8) is 0 Å². The first kappa shape index (κ1) is 19.3. The Balaban J connectivity index is 1.31. The highest BCUT2D eigenvalue weighted by atomic mass is 32.2. The van der Waals surface area contributed by atoms with Crippen LogP contribution in [0.5, 0.6) is 0 Å². The number of hydrogen-bond donors (Lipinski definition) is 0. The van der Waals surface area contributed by atoms with Gasteiger partial charge in [0.15, 0.2) is 0 Å². The Morgan fingerprint density at radius 1 is 0.933 bits per heavy atom. The molecule has 5 rings (SSSR count). The molecule has 154 valence electrons. The molecule has 0 bridgehead atoms. The molecule has 1 aliphatic heterocycles. The van der Waals surface area contributed by atoms with Gasteiger partial charge in [0.2, 0.25) is 10.0 Å². The Morgan fingerprint density at radius 3 is 2.43 bits per heavy atom. The van der Waals surface area contributed by atoms with Crippen LogP contribution in [-0.4, -0.2) is 35.4 Å². The second-order valence-electron chi connectivity index (χ2n) is 8.11. The van der Waals surface area contributed by atoms with E-state index in [1.807, 2.05) is 55.5 Å². The van der Waals surface area contributed by atoms with Crippen molar-refractivity contribution in [1.29, 1.82) is 0 Å². The van der Waals surface area contributed by atoms with Crippen molar-refractivity contribution in [2.24, 2.45) is 5.92 Å². The number of sulfonamides is 1. The van der Waals surface area contributed by atoms with Gasteiger partial charge in [0.1, 0.15) is 5.82 Å². The maximum atomic E-state index is 13.2. The van der Waals surface area contributed by atoms with Crippen LogP contribution < -0.4 is 0 Å². The van der Waals surface area contributed by atoms with Gasteiger partial charge in [0.05, 0.1) is 15.9 Å². The van der Waals surface area contributed by atoms with E-state index in [2.05, 4.69) is 15.6 Å². The molecular weight excluding hydrogens is 394 g/mol. The number of nitrogens with zero attached hydrogens (tertiary/aromatic N) is 3. The van der Waals surface area contributed by atoms with Crippen LogP contribution in [0.15, 0.2) is 71.6 Å². The molecule has 0 N–H and O–H groups in total. The number of imidazole rings is 1. The van der Waals surface area contributed by atoms with E-state index in [1.165, 1.54) is 0 Å². The number of hydrogen-bond acceptors (Lipinski definition) is 3. The van der Waals surface area contributed by atoms with Gasteiger partial charge < -0.3 is 4.57 Å². The largest absolute Gasteiger partial charge is 0.328 e. The Bertz CT molecular complexity index is 1320. The third-order valence-electron chi connectivity index (χ3n) is 6.22. The quantitative estimate of drug-likeness (QED) is 0.486. The van der Waals surface area contributed by atoms with Crippen LogP contribution in [0, 0.1) is 12.8 Å². The van der Waals surface area contributed by atoms with Crippen LogP contribution in [-0.2, 0) is 16.6 Å². The monoisotopic (exact) mass is 419 g/mol. The van der Waals surface area contributed by atoms with Gasteiger partial charge in [0.25, 0.3) is 0 Å². The summed E-state index contributed by atoms with van der Waals surface area (Å²) in [6.45, 7) is 4.05. The Hall–Kier alpha value is -2.70. The molecule has 0 atom stereocenters. The van der Waals surface area contributed by atoms with E-state index < -0.39 is 10.0 Å². The van der Waals surface area contributed by atoms with E-state index in [-0.39, 0.29) is 0 Å². The highest BCUT2D eigenvalue weighted by Crippen LogP contribution is 2.28. The van der Waals surface area contributed by atoms with Crippen molar-refractivity contribution < 1.29 is 8.42 Å². The number of aryl methyl sites for hydroxylation is 1. The summed E-state index contributed by atoms with van der Waals surface area (Å²) in [5, 5.41) is 2.01. The van der Waals surface area contributed by atoms with Crippen molar-refractivity contribution in [1.82, 2.24) is 13.9 Å². The maximum Gasteiger partial charge on any atom is 0.243 e. The molecule has 0 unspecified atom stereocenters. The third kappa shape index (κ3) is 3.40. The molecule has 1 saturated heterocycles. The first-order chi connectivity index (χ1) is 14.5. The minimum Gasteiger partial charge on any atom is -0.328 e. The van der Waals surface area contributed by atoms with E-state index in [0.717, 1.165) is 47.0 Å². The summed E-state index contributed by atoms with van der Waals surface area (Å²) in [5.41, 5.74) is 2.17. The molecule has 0 spiro atoms. The zero-order chi connectivity index (χ0) is 20.7. The van der Waals surface area contributed by atoms with Crippen molar-refractivity contribution in [3.8, 4) is 0 Å². The topological polar surface area (TPSA) is 55.2 Å². The predicted molar refractivity (Wildman–Crippen MR) is 120 cm³/mol. The lowest BCUT2D eigenvalue weighted by Crippen LogP contribution is -2.39. The molecule has 4 aromatic rings. The van der Waals surface area contributed by atoms with Gasteiger partial charge in [-0.25, -0.2) is 13.4 Å². The molecule has 6 heteroatoms. The molecular formula is C24H25N3O2S. The lowest BCUT2D eigenvalue weighted by molar-refractivity contribution is 0.253. The van der Waals surface area contributed by atoms with Crippen LogP contribution in [0.1, 0.15) is 18.7 Å². The molecule has 2 heterocycles. The van der Waals surface area contributed by atoms with Crippen LogP contribution in [0.4, 0.5) is 0 Å². The molecule has 0 aliphatic carbocycles. The molecule has 30 heavy (non-hydrogen) atoms. The highest BCUT2D eigenvalue weighted by molar-refractivity contribution is 7.89. The van der Waals surface area contributed by atoms with Gasteiger partial charge in [-0.1, -0.05) is 42.5 Å². The first-order valence-electron chi connectivity index (χ1n) is 10.4. The summed E-state index contributed by atoms with van der Waals surface area (Å²) >= 11 is 0. The Morgan fingerprint density at radius 2 is 1.63 bits per heavy atom. The maximum absolute atomic E-state index is 13.2. The third-order valence-corrected chi connectivity index (χ3v) is 8.11. The van der Waals surface area contributed by atoms with Gasteiger partial charge in [-0.3, -0.25) is 0 Å². The van der Waals surface area contributed by atoms with Crippen molar-refractivity contribution in [2.45, 2.75) is 31.2 Å². The minimum atomic E-state index is -3.47. The number of rotatable bonds is 4. The second kappa shape index (κ2) is 7.52. The summed E-state index contributed by atoms with van der Waals surface area (Å²) in [4.78, 5) is 5.04. The number of piperidine rings is 1. The fourth-order valence-corrected chi connectivity index (χ4v) is 6.00. The Kier molecular flexibility index (Phi) is 4.83. The Labute approximate surface area is 177 Å². The summed E-state index contributed by atoms with van der Waals surface area (Å²) in [6.07, 6.45) is 1.72. The van der Waals surface area contributed by atoms with E-state index in [0.29, 0.717) is 23.9 Å². The normalized spacial score (nSPS) is 16.4.